The number of likely N-dealkylation sites (tertiary alicyclic amines) is 1. The second-order valence-corrected chi connectivity index (χ2v) is 5.81. The Balaban J connectivity index is 1.77. The van der Waals surface area contributed by atoms with Gasteiger partial charge in [-0.3, -0.25) is 4.79 Å². The number of carbonyl (C=O) groups excluding carboxylic acids is 1. The molecule has 1 unspecified atom stereocenters. The zero-order valence-electron chi connectivity index (χ0n) is 13.3. The lowest BCUT2D eigenvalue weighted by atomic mass is 10.1. The van der Waals surface area contributed by atoms with Crippen molar-refractivity contribution in [1.29, 1.82) is 0 Å². The van der Waals surface area contributed by atoms with Gasteiger partial charge in [0, 0.05) is 19.1 Å². The monoisotopic (exact) mass is 290 g/mol. The van der Waals surface area contributed by atoms with Crippen LogP contribution in [-0.2, 0) is 4.79 Å². The molecule has 1 saturated heterocycles. The highest BCUT2D eigenvalue weighted by atomic mass is 16.5. The van der Waals surface area contributed by atoms with Crippen molar-refractivity contribution in [2.45, 2.75) is 39.2 Å². The highest BCUT2D eigenvalue weighted by Gasteiger charge is 2.22. The fraction of sp³-hybridized carbons (Fsp3) is 0.588. The number of hydrogen-bond donors (Lipinski definition) is 1. The smallest absolute Gasteiger partial charge is 0.226 e. The van der Waals surface area contributed by atoms with Crippen molar-refractivity contribution >= 4 is 5.91 Å². The normalized spacial score (nSPS) is 18.6. The van der Waals surface area contributed by atoms with Crippen LogP contribution in [-0.4, -0.2) is 43.6 Å². The summed E-state index contributed by atoms with van der Waals surface area (Å²) in [5, 5.41) is 3.26. The van der Waals surface area contributed by atoms with Gasteiger partial charge in [-0.25, -0.2) is 0 Å². The summed E-state index contributed by atoms with van der Waals surface area (Å²) in [6.07, 6.45) is 2.68. The third-order valence-electron chi connectivity index (χ3n) is 4.25. The predicted molar refractivity (Wildman–Crippen MR) is 84.7 cm³/mol. The maximum atomic E-state index is 12.2. The van der Waals surface area contributed by atoms with E-state index in [1.807, 2.05) is 24.1 Å². The Labute approximate surface area is 127 Å². The third-order valence-corrected chi connectivity index (χ3v) is 4.25. The second kappa shape index (κ2) is 7.46. The van der Waals surface area contributed by atoms with Gasteiger partial charge in [0.25, 0.3) is 0 Å². The number of nitrogens with zero attached hydrogens (tertiary/aromatic N) is 1. The quantitative estimate of drug-likeness (QED) is 0.904. The largest absolute Gasteiger partial charge is 0.493 e. The number of aryl methyl sites for hydroxylation is 2. The Kier molecular flexibility index (Phi) is 5.62. The van der Waals surface area contributed by atoms with Crippen molar-refractivity contribution in [3.05, 3.63) is 29.3 Å². The SMILES string of the molecule is CNC1CCCN(C(=O)CCOc2ccc(C)c(C)c2)C1. The van der Waals surface area contributed by atoms with Gasteiger partial charge in [-0.15, -0.1) is 0 Å². The Bertz CT molecular complexity index is 488. The van der Waals surface area contributed by atoms with Crippen molar-refractivity contribution in [1.82, 2.24) is 10.2 Å². The molecule has 4 heteroatoms. The number of rotatable bonds is 5. The molecule has 0 saturated carbocycles. The first-order chi connectivity index (χ1) is 10.1. The first-order valence-corrected chi connectivity index (χ1v) is 7.75. The highest BCUT2D eigenvalue weighted by Crippen LogP contribution is 2.17. The molecule has 116 valence electrons. The molecular formula is C17H26N2O2. The summed E-state index contributed by atoms with van der Waals surface area (Å²) in [6, 6.07) is 6.47. The number of ether oxygens (including phenoxy) is 1. The van der Waals surface area contributed by atoms with E-state index in [1.54, 1.807) is 0 Å². The lowest BCUT2D eigenvalue weighted by Gasteiger charge is -2.32. The van der Waals surface area contributed by atoms with Crippen LogP contribution in [0.2, 0.25) is 0 Å². The molecule has 0 aromatic heterocycles. The summed E-state index contributed by atoms with van der Waals surface area (Å²) >= 11 is 0. The lowest BCUT2D eigenvalue weighted by molar-refractivity contribution is -0.133. The van der Waals surface area contributed by atoms with Crippen molar-refractivity contribution in [2.24, 2.45) is 0 Å². The van der Waals surface area contributed by atoms with Crippen molar-refractivity contribution in [3.8, 4) is 5.75 Å². The van der Waals surface area contributed by atoms with Gasteiger partial charge < -0.3 is 15.0 Å². The molecular weight excluding hydrogens is 264 g/mol. The van der Waals surface area contributed by atoms with Crippen molar-refractivity contribution < 1.29 is 9.53 Å². The number of benzene rings is 1. The van der Waals surface area contributed by atoms with Gasteiger partial charge in [0.15, 0.2) is 0 Å². The first kappa shape index (κ1) is 15.8. The number of hydrogen-bond acceptors (Lipinski definition) is 3. The van der Waals surface area contributed by atoms with E-state index in [2.05, 4.69) is 25.2 Å². The maximum Gasteiger partial charge on any atom is 0.226 e. The van der Waals surface area contributed by atoms with Gasteiger partial charge in [0.2, 0.25) is 5.91 Å². The molecule has 1 atom stereocenters. The minimum atomic E-state index is 0.193. The fourth-order valence-electron chi connectivity index (χ4n) is 2.66. The molecule has 1 aliphatic rings. The number of carbonyl (C=O) groups is 1. The van der Waals surface area contributed by atoms with E-state index >= 15 is 0 Å². The Morgan fingerprint density at radius 1 is 1.38 bits per heavy atom. The van der Waals surface area contributed by atoms with Crippen molar-refractivity contribution in [3.63, 3.8) is 0 Å². The molecule has 4 nitrogen and oxygen atoms in total. The summed E-state index contributed by atoms with van der Waals surface area (Å²) in [7, 11) is 1.96. The number of amides is 1. The molecule has 21 heavy (non-hydrogen) atoms. The highest BCUT2D eigenvalue weighted by molar-refractivity contribution is 5.76. The van der Waals surface area contributed by atoms with Crippen LogP contribution in [0.4, 0.5) is 0 Å². The Morgan fingerprint density at radius 2 is 2.19 bits per heavy atom. The molecule has 1 aliphatic heterocycles. The average Bonchev–Trinajstić information content (AvgIpc) is 2.50. The Morgan fingerprint density at radius 3 is 2.90 bits per heavy atom. The Hall–Kier alpha value is -1.55. The maximum absolute atomic E-state index is 12.2. The predicted octanol–water partition coefficient (Wildman–Crippen LogP) is 2.28. The summed E-state index contributed by atoms with van der Waals surface area (Å²) in [5.74, 6) is 1.04. The molecule has 1 heterocycles. The molecule has 1 aromatic rings. The van der Waals surface area contributed by atoms with Gasteiger partial charge in [0.05, 0.1) is 13.0 Å². The van der Waals surface area contributed by atoms with Crippen LogP contribution in [0.3, 0.4) is 0 Å². The van der Waals surface area contributed by atoms with E-state index < -0.39 is 0 Å². The van der Waals surface area contributed by atoms with Crippen molar-refractivity contribution in [2.75, 3.05) is 26.7 Å². The molecule has 1 aromatic carbocycles. The van der Waals surface area contributed by atoms with Gasteiger partial charge in [-0.2, -0.15) is 0 Å². The topological polar surface area (TPSA) is 41.6 Å². The summed E-state index contributed by atoms with van der Waals surface area (Å²) in [4.78, 5) is 14.1. The van der Waals surface area contributed by atoms with Gasteiger partial charge in [-0.1, -0.05) is 6.07 Å². The standard InChI is InChI=1S/C17H26N2O2/c1-13-6-7-16(11-14(13)2)21-10-8-17(20)19-9-4-5-15(12-19)18-3/h6-7,11,15,18H,4-5,8-10,12H2,1-3H3. The molecule has 1 amide bonds. The van der Waals surface area contributed by atoms with Crippen LogP contribution in [0.1, 0.15) is 30.4 Å². The van der Waals surface area contributed by atoms with E-state index in [4.69, 9.17) is 4.74 Å². The number of likely N-dealkylation sites (N-methyl/N-ethyl adjacent to an activating group) is 1. The molecule has 0 bridgehead atoms. The molecule has 2 rings (SSSR count). The van der Waals surface area contributed by atoms with Gasteiger partial charge >= 0.3 is 0 Å². The zero-order valence-corrected chi connectivity index (χ0v) is 13.3. The van der Waals surface area contributed by atoms with Crippen LogP contribution in [0.5, 0.6) is 5.75 Å². The minimum Gasteiger partial charge on any atom is -0.493 e. The second-order valence-electron chi connectivity index (χ2n) is 5.81. The van der Waals surface area contributed by atoms with Crippen LogP contribution in [0.15, 0.2) is 18.2 Å². The van der Waals surface area contributed by atoms with E-state index in [0.717, 1.165) is 31.7 Å². The molecule has 0 spiro atoms. The summed E-state index contributed by atoms with van der Waals surface area (Å²) in [6.45, 7) is 6.29. The summed E-state index contributed by atoms with van der Waals surface area (Å²) in [5.41, 5.74) is 2.47. The van der Waals surface area contributed by atoms with E-state index in [-0.39, 0.29) is 5.91 Å². The van der Waals surface area contributed by atoms with Gasteiger partial charge in [-0.05, 0) is 57.0 Å². The van der Waals surface area contributed by atoms with Crippen LogP contribution in [0, 0.1) is 13.8 Å². The number of piperidine rings is 1. The molecule has 0 aliphatic carbocycles. The lowest BCUT2D eigenvalue weighted by Crippen LogP contribution is -2.47. The molecule has 0 radical (unpaired) electrons. The first-order valence-electron chi connectivity index (χ1n) is 7.75. The average molecular weight is 290 g/mol. The van der Waals surface area contributed by atoms with Crippen LogP contribution in [0.25, 0.3) is 0 Å². The third kappa shape index (κ3) is 4.46. The van der Waals surface area contributed by atoms with Gasteiger partial charge in [0.1, 0.15) is 5.75 Å². The van der Waals surface area contributed by atoms with E-state index in [1.165, 1.54) is 11.1 Å². The minimum absolute atomic E-state index is 0.193. The summed E-state index contributed by atoms with van der Waals surface area (Å²) < 4.78 is 5.69. The fourth-order valence-corrected chi connectivity index (χ4v) is 2.66. The van der Waals surface area contributed by atoms with Crippen LogP contribution < -0.4 is 10.1 Å². The number of nitrogens with one attached hydrogen (secondary N) is 1. The van der Waals surface area contributed by atoms with E-state index in [9.17, 15) is 4.79 Å². The molecule has 1 fully saturated rings. The zero-order chi connectivity index (χ0) is 15.2. The van der Waals surface area contributed by atoms with E-state index in [0.29, 0.717) is 19.1 Å². The van der Waals surface area contributed by atoms with Crippen LogP contribution >= 0.6 is 0 Å². The molecule has 1 N–H and O–H groups in total.